The molecule has 1 amide bonds. The van der Waals surface area contributed by atoms with Crippen molar-refractivity contribution in [2.75, 3.05) is 18.9 Å². The maximum Gasteiger partial charge on any atom is 0.416 e. The van der Waals surface area contributed by atoms with Crippen molar-refractivity contribution in [1.82, 2.24) is 9.29 Å². The second-order valence-corrected chi connectivity index (χ2v) is 8.50. The quantitative estimate of drug-likeness (QED) is 0.639. The van der Waals surface area contributed by atoms with E-state index in [2.05, 4.69) is 10.3 Å². The average Bonchev–Trinajstić information content (AvgIpc) is 2.66. The maximum absolute atomic E-state index is 12.8. The Hall–Kier alpha value is -3.18. The number of H-pyrrole nitrogens is 1. The second-order valence-electron chi connectivity index (χ2n) is 6.46. The number of nitrogens with one attached hydrogen (secondary N) is 2. The van der Waals surface area contributed by atoms with Gasteiger partial charge < -0.3 is 10.3 Å². The van der Waals surface area contributed by atoms with Gasteiger partial charge in [-0.15, -0.1) is 0 Å². The van der Waals surface area contributed by atoms with E-state index >= 15 is 0 Å². The zero-order valence-electron chi connectivity index (χ0n) is 15.5. The Kier molecular flexibility index (Phi) is 5.68. The lowest BCUT2D eigenvalue weighted by Gasteiger charge is -2.17. The van der Waals surface area contributed by atoms with Crippen molar-refractivity contribution in [3.63, 3.8) is 0 Å². The summed E-state index contributed by atoms with van der Waals surface area (Å²) in [5.41, 5.74) is -0.918. The number of alkyl halides is 3. The first kappa shape index (κ1) is 21.5. The van der Waals surface area contributed by atoms with Gasteiger partial charge in [-0.3, -0.25) is 9.59 Å². The maximum atomic E-state index is 12.8. The lowest BCUT2D eigenvalue weighted by atomic mass is 10.2. The molecule has 0 spiro atoms. The molecule has 0 fully saturated rings. The van der Waals surface area contributed by atoms with Crippen molar-refractivity contribution in [2.45, 2.75) is 11.1 Å². The summed E-state index contributed by atoms with van der Waals surface area (Å²) in [5, 5.41) is 2.74. The number of amides is 1. The molecule has 0 saturated carbocycles. The summed E-state index contributed by atoms with van der Waals surface area (Å²) in [7, 11) is -2.88. The molecule has 0 unspecified atom stereocenters. The molecule has 1 heterocycles. The normalized spacial score (nSPS) is 12.3. The number of nitrogens with zero attached hydrogens (tertiary/aromatic N) is 1. The highest BCUT2D eigenvalue weighted by Crippen LogP contribution is 2.30. The Balaban J connectivity index is 1.76. The molecule has 0 aliphatic carbocycles. The van der Waals surface area contributed by atoms with Crippen molar-refractivity contribution in [3.05, 3.63) is 70.5 Å². The van der Waals surface area contributed by atoms with E-state index in [-0.39, 0.29) is 16.1 Å². The van der Waals surface area contributed by atoms with Crippen molar-refractivity contribution < 1.29 is 26.4 Å². The lowest BCUT2D eigenvalue weighted by Crippen LogP contribution is -2.35. The summed E-state index contributed by atoms with van der Waals surface area (Å²) in [6.07, 6.45) is -4.57. The van der Waals surface area contributed by atoms with Crippen LogP contribution in [0.15, 0.2) is 64.3 Å². The van der Waals surface area contributed by atoms with E-state index in [1.807, 2.05) is 0 Å². The standard InChI is InChI=1S/C19H16F3N3O4S/c1-25(11-18(27)23-14-4-2-3-13(10-14)19(20,21)22)30(28,29)15-6-7-16-12(9-15)5-8-17(26)24-16/h2-10H,11H2,1H3,(H,23,27)(H,24,26). The summed E-state index contributed by atoms with van der Waals surface area (Å²) in [6, 6.07) is 10.8. The lowest BCUT2D eigenvalue weighted by molar-refractivity contribution is -0.137. The Labute approximate surface area is 169 Å². The number of anilines is 1. The van der Waals surface area contributed by atoms with Crippen LogP contribution in [0.2, 0.25) is 0 Å². The highest BCUT2D eigenvalue weighted by molar-refractivity contribution is 7.89. The number of carbonyl (C=O) groups is 1. The fourth-order valence-electron chi connectivity index (χ4n) is 2.73. The minimum absolute atomic E-state index is 0.101. The smallest absolute Gasteiger partial charge is 0.325 e. The number of fused-ring (bicyclic) bond motifs is 1. The molecular formula is C19H16F3N3O4S. The number of sulfonamides is 1. The second kappa shape index (κ2) is 7.92. The number of aromatic nitrogens is 1. The van der Waals surface area contributed by atoms with Crippen LogP contribution in [0.4, 0.5) is 18.9 Å². The minimum atomic E-state index is -4.57. The van der Waals surface area contributed by atoms with Gasteiger partial charge >= 0.3 is 6.18 Å². The van der Waals surface area contributed by atoms with Crippen molar-refractivity contribution in [3.8, 4) is 0 Å². The first-order valence-electron chi connectivity index (χ1n) is 8.53. The molecule has 0 aliphatic heterocycles. The van der Waals surface area contributed by atoms with Crippen LogP contribution in [0.1, 0.15) is 5.56 Å². The van der Waals surface area contributed by atoms with Crippen LogP contribution in [0.5, 0.6) is 0 Å². The molecule has 0 aliphatic rings. The van der Waals surface area contributed by atoms with Gasteiger partial charge in [-0.25, -0.2) is 8.42 Å². The number of halogens is 3. The molecule has 0 bridgehead atoms. The predicted octanol–water partition coefficient (Wildman–Crippen LogP) is 2.81. The van der Waals surface area contributed by atoms with Crippen LogP contribution in [0.25, 0.3) is 10.9 Å². The van der Waals surface area contributed by atoms with E-state index in [1.54, 1.807) is 0 Å². The Morgan fingerprint density at radius 2 is 1.83 bits per heavy atom. The number of hydrogen-bond acceptors (Lipinski definition) is 4. The third-order valence-corrected chi connectivity index (χ3v) is 6.04. The van der Waals surface area contributed by atoms with Gasteiger partial charge in [0.2, 0.25) is 21.5 Å². The fraction of sp³-hybridized carbons (Fsp3) is 0.158. The van der Waals surface area contributed by atoms with Crippen LogP contribution < -0.4 is 10.9 Å². The highest BCUT2D eigenvalue weighted by Gasteiger charge is 2.30. The van der Waals surface area contributed by atoms with Gasteiger partial charge in [0.25, 0.3) is 0 Å². The predicted molar refractivity (Wildman–Crippen MR) is 104 cm³/mol. The average molecular weight is 439 g/mol. The van der Waals surface area contributed by atoms with E-state index < -0.39 is 34.2 Å². The number of aromatic amines is 1. The fourth-order valence-corrected chi connectivity index (χ4v) is 3.90. The Bertz CT molecular complexity index is 1270. The van der Waals surface area contributed by atoms with Crippen molar-refractivity contribution in [1.29, 1.82) is 0 Å². The van der Waals surface area contributed by atoms with Gasteiger partial charge in [-0.05, 0) is 47.9 Å². The molecule has 1 aromatic heterocycles. The van der Waals surface area contributed by atoms with Gasteiger partial charge in [0.15, 0.2) is 0 Å². The van der Waals surface area contributed by atoms with E-state index in [9.17, 15) is 31.2 Å². The molecule has 30 heavy (non-hydrogen) atoms. The van der Waals surface area contributed by atoms with Gasteiger partial charge in [-0.2, -0.15) is 17.5 Å². The third kappa shape index (κ3) is 4.69. The van der Waals surface area contributed by atoms with Gasteiger partial charge in [-0.1, -0.05) is 6.07 Å². The zero-order chi connectivity index (χ0) is 22.1. The monoisotopic (exact) mass is 439 g/mol. The number of pyridine rings is 1. The number of hydrogen-bond donors (Lipinski definition) is 2. The zero-order valence-corrected chi connectivity index (χ0v) is 16.3. The SMILES string of the molecule is CN(CC(=O)Nc1cccc(C(F)(F)F)c1)S(=O)(=O)c1ccc2[nH]c(=O)ccc2c1. The summed E-state index contributed by atoms with van der Waals surface area (Å²) >= 11 is 0. The molecule has 11 heteroatoms. The van der Waals surface area contributed by atoms with Crippen molar-refractivity contribution in [2.24, 2.45) is 0 Å². The molecule has 2 N–H and O–H groups in total. The molecule has 158 valence electrons. The summed E-state index contributed by atoms with van der Waals surface area (Å²) < 4.78 is 64.6. The van der Waals surface area contributed by atoms with E-state index in [4.69, 9.17) is 0 Å². The van der Waals surface area contributed by atoms with E-state index in [1.165, 1.54) is 43.4 Å². The van der Waals surface area contributed by atoms with Gasteiger partial charge in [0.1, 0.15) is 0 Å². The summed E-state index contributed by atoms with van der Waals surface area (Å²) in [4.78, 5) is 26.0. The van der Waals surface area contributed by atoms with Gasteiger partial charge in [0, 0.05) is 24.3 Å². The molecule has 7 nitrogen and oxygen atoms in total. The van der Waals surface area contributed by atoms with Crippen LogP contribution in [-0.2, 0) is 21.0 Å². The minimum Gasteiger partial charge on any atom is -0.325 e. The number of rotatable bonds is 5. The Morgan fingerprint density at radius 3 is 2.53 bits per heavy atom. The van der Waals surface area contributed by atoms with Crippen molar-refractivity contribution >= 4 is 32.5 Å². The molecule has 3 rings (SSSR count). The van der Waals surface area contributed by atoms with Gasteiger partial charge in [0.05, 0.1) is 17.0 Å². The molecule has 3 aromatic rings. The van der Waals surface area contributed by atoms with Crippen LogP contribution in [-0.4, -0.2) is 37.2 Å². The molecule has 2 aromatic carbocycles. The third-order valence-electron chi connectivity index (χ3n) is 4.24. The first-order chi connectivity index (χ1) is 14.0. The highest BCUT2D eigenvalue weighted by atomic mass is 32.2. The molecule has 0 atom stereocenters. The van der Waals surface area contributed by atoms with E-state index in [0.29, 0.717) is 10.9 Å². The number of carbonyl (C=O) groups excluding carboxylic acids is 1. The first-order valence-corrected chi connectivity index (χ1v) is 9.97. The molecular weight excluding hydrogens is 423 g/mol. The Morgan fingerprint density at radius 1 is 1.10 bits per heavy atom. The molecule has 0 saturated heterocycles. The van der Waals surface area contributed by atoms with Crippen LogP contribution >= 0.6 is 0 Å². The number of likely N-dealkylation sites (N-methyl/N-ethyl adjacent to an activating group) is 1. The molecule has 0 radical (unpaired) electrons. The summed E-state index contributed by atoms with van der Waals surface area (Å²) in [5.74, 6) is -0.800. The number of benzene rings is 2. The largest absolute Gasteiger partial charge is 0.416 e. The topological polar surface area (TPSA) is 99.3 Å². The summed E-state index contributed by atoms with van der Waals surface area (Å²) in [6.45, 7) is -0.609. The van der Waals surface area contributed by atoms with Crippen LogP contribution in [0.3, 0.4) is 0 Å². The van der Waals surface area contributed by atoms with Crippen LogP contribution in [0, 0.1) is 0 Å². The van der Waals surface area contributed by atoms with E-state index in [0.717, 1.165) is 22.5 Å².